The lowest BCUT2D eigenvalue weighted by molar-refractivity contribution is 0.154. The fourth-order valence-electron chi connectivity index (χ4n) is 3.15. The van der Waals surface area contributed by atoms with Crippen LogP contribution in [0, 0.1) is 0 Å². The van der Waals surface area contributed by atoms with Crippen molar-refractivity contribution in [2.24, 2.45) is 0 Å². The van der Waals surface area contributed by atoms with Gasteiger partial charge in [-0.2, -0.15) is 0 Å². The maximum Gasteiger partial charge on any atom is 0.314 e. The Bertz CT molecular complexity index is 496. The van der Waals surface area contributed by atoms with Crippen LogP contribution >= 0.6 is 0 Å². The monoisotopic (exact) mass is 305 g/mol. The van der Waals surface area contributed by atoms with Crippen LogP contribution in [-0.2, 0) is 6.42 Å². The lowest BCUT2D eigenvalue weighted by Crippen LogP contribution is -2.52. The molecule has 1 aromatic carbocycles. The molecule has 1 fully saturated rings. The smallest absolute Gasteiger partial charge is 0.314 e. The van der Waals surface area contributed by atoms with Crippen LogP contribution in [0.3, 0.4) is 0 Å². The molecule has 122 valence electrons. The molecule has 1 saturated carbocycles. The van der Waals surface area contributed by atoms with E-state index in [0.29, 0.717) is 19.5 Å². The third-order valence-corrected chi connectivity index (χ3v) is 4.67. The predicted molar refractivity (Wildman–Crippen MR) is 88.1 cm³/mol. The van der Waals surface area contributed by atoms with E-state index in [4.69, 9.17) is 0 Å². The van der Waals surface area contributed by atoms with Crippen LogP contribution in [0.15, 0.2) is 24.3 Å². The number of likely N-dealkylation sites (N-methyl/N-ethyl adjacent to an activating group) is 1. The Kier molecular flexibility index (Phi) is 5.66. The first-order valence-corrected chi connectivity index (χ1v) is 7.99. The second kappa shape index (κ2) is 7.49. The molecule has 1 aromatic rings. The molecule has 3 N–H and O–H groups in total. The first kappa shape index (κ1) is 16.6. The minimum atomic E-state index is -0.117. The quantitative estimate of drug-likeness (QED) is 0.754. The van der Waals surface area contributed by atoms with Crippen molar-refractivity contribution in [2.45, 2.75) is 37.6 Å². The van der Waals surface area contributed by atoms with Gasteiger partial charge in [-0.1, -0.05) is 25.0 Å². The van der Waals surface area contributed by atoms with Crippen molar-refractivity contribution < 1.29 is 9.90 Å². The number of amides is 2. The number of aromatic hydroxyl groups is 1. The summed E-state index contributed by atoms with van der Waals surface area (Å²) in [6, 6.07) is 7.00. The number of carbonyl (C=O) groups excluding carboxylic acids is 1. The van der Waals surface area contributed by atoms with E-state index in [1.54, 1.807) is 12.1 Å². The number of nitrogens with one attached hydrogen (secondary N) is 2. The lowest BCUT2D eigenvalue weighted by Gasteiger charge is -2.36. The maximum atomic E-state index is 11.9. The summed E-state index contributed by atoms with van der Waals surface area (Å²) in [5, 5.41) is 15.3. The molecule has 0 unspecified atom stereocenters. The van der Waals surface area contributed by atoms with Gasteiger partial charge in [0.15, 0.2) is 0 Å². The Morgan fingerprint density at radius 1 is 1.27 bits per heavy atom. The molecule has 0 saturated heterocycles. The van der Waals surface area contributed by atoms with Crippen molar-refractivity contribution >= 4 is 6.03 Å². The van der Waals surface area contributed by atoms with Gasteiger partial charge >= 0.3 is 6.03 Å². The van der Waals surface area contributed by atoms with Crippen molar-refractivity contribution in [1.82, 2.24) is 15.5 Å². The molecule has 0 aromatic heterocycles. The van der Waals surface area contributed by atoms with E-state index in [1.165, 1.54) is 12.8 Å². The number of rotatable bonds is 6. The van der Waals surface area contributed by atoms with Crippen LogP contribution in [-0.4, -0.2) is 48.8 Å². The molecule has 5 heteroatoms. The Morgan fingerprint density at radius 3 is 2.64 bits per heavy atom. The van der Waals surface area contributed by atoms with Gasteiger partial charge < -0.3 is 20.6 Å². The highest BCUT2D eigenvalue weighted by Gasteiger charge is 2.35. The number of phenols is 1. The van der Waals surface area contributed by atoms with Gasteiger partial charge in [0, 0.05) is 18.6 Å². The van der Waals surface area contributed by atoms with E-state index in [0.717, 1.165) is 18.4 Å². The molecule has 1 aliphatic rings. The summed E-state index contributed by atoms with van der Waals surface area (Å²) in [6.07, 6.45) is 5.46. The van der Waals surface area contributed by atoms with Gasteiger partial charge in [-0.25, -0.2) is 4.79 Å². The van der Waals surface area contributed by atoms with Crippen molar-refractivity contribution in [2.75, 3.05) is 27.2 Å². The van der Waals surface area contributed by atoms with E-state index in [1.807, 2.05) is 12.1 Å². The zero-order valence-electron chi connectivity index (χ0n) is 13.6. The SMILES string of the molecule is CN(C)C1(CNC(=O)NCCc2cccc(O)c2)CCCC1. The molecular formula is C17H27N3O2. The van der Waals surface area contributed by atoms with Gasteiger partial charge in [-0.3, -0.25) is 0 Å². The van der Waals surface area contributed by atoms with Crippen molar-refractivity contribution in [1.29, 1.82) is 0 Å². The van der Waals surface area contributed by atoms with Gasteiger partial charge in [0.05, 0.1) is 0 Å². The van der Waals surface area contributed by atoms with E-state index in [2.05, 4.69) is 29.6 Å². The highest BCUT2D eigenvalue weighted by molar-refractivity contribution is 5.73. The molecule has 0 radical (unpaired) electrons. The first-order chi connectivity index (χ1) is 10.5. The number of nitrogens with zero attached hydrogens (tertiary/aromatic N) is 1. The Morgan fingerprint density at radius 2 is 2.00 bits per heavy atom. The maximum absolute atomic E-state index is 11.9. The molecule has 0 heterocycles. The van der Waals surface area contributed by atoms with Crippen LogP contribution in [0.1, 0.15) is 31.2 Å². The molecule has 5 nitrogen and oxygen atoms in total. The van der Waals surface area contributed by atoms with Gasteiger partial charge in [0.2, 0.25) is 0 Å². The Labute approximate surface area is 132 Å². The van der Waals surface area contributed by atoms with Crippen LogP contribution in [0.25, 0.3) is 0 Å². The molecule has 22 heavy (non-hydrogen) atoms. The molecule has 0 bridgehead atoms. The van der Waals surface area contributed by atoms with Gasteiger partial charge in [0.25, 0.3) is 0 Å². The summed E-state index contributed by atoms with van der Waals surface area (Å²) in [4.78, 5) is 14.2. The fourth-order valence-corrected chi connectivity index (χ4v) is 3.15. The van der Waals surface area contributed by atoms with Crippen molar-refractivity contribution in [3.63, 3.8) is 0 Å². The largest absolute Gasteiger partial charge is 0.508 e. The van der Waals surface area contributed by atoms with E-state index < -0.39 is 0 Å². The highest BCUT2D eigenvalue weighted by atomic mass is 16.3. The second-order valence-electron chi connectivity index (χ2n) is 6.36. The van der Waals surface area contributed by atoms with Gasteiger partial charge in [-0.15, -0.1) is 0 Å². The average molecular weight is 305 g/mol. The highest BCUT2D eigenvalue weighted by Crippen LogP contribution is 2.32. The number of urea groups is 1. The van der Waals surface area contributed by atoms with Gasteiger partial charge in [0.1, 0.15) is 5.75 Å². The zero-order valence-corrected chi connectivity index (χ0v) is 13.6. The molecular weight excluding hydrogens is 278 g/mol. The van der Waals surface area contributed by atoms with Crippen molar-refractivity contribution in [3.8, 4) is 5.75 Å². The number of hydrogen-bond donors (Lipinski definition) is 3. The first-order valence-electron chi connectivity index (χ1n) is 7.99. The van der Waals surface area contributed by atoms with Crippen molar-refractivity contribution in [3.05, 3.63) is 29.8 Å². The van der Waals surface area contributed by atoms with E-state index in [9.17, 15) is 9.90 Å². The van der Waals surface area contributed by atoms with Crippen LogP contribution in [0.2, 0.25) is 0 Å². The fraction of sp³-hybridized carbons (Fsp3) is 0.588. The number of carbonyl (C=O) groups is 1. The topological polar surface area (TPSA) is 64.6 Å². The Balaban J connectivity index is 1.72. The number of phenolic OH excluding ortho intramolecular Hbond substituents is 1. The third-order valence-electron chi connectivity index (χ3n) is 4.67. The molecule has 0 atom stereocenters. The minimum Gasteiger partial charge on any atom is -0.508 e. The normalized spacial score (nSPS) is 16.7. The van der Waals surface area contributed by atoms with E-state index >= 15 is 0 Å². The van der Waals surface area contributed by atoms with Gasteiger partial charge in [-0.05, 0) is 51.1 Å². The summed E-state index contributed by atoms with van der Waals surface area (Å²) in [5.41, 5.74) is 1.13. The molecule has 1 aliphatic carbocycles. The molecule has 2 amide bonds. The average Bonchev–Trinajstić information content (AvgIpc) is 2.95. The number of benzene rings is 1. The van der Waals surface area contributed by atoms with Crippen LogP contribution in [0.5, 0.6) is 5.75 Å². The van der Waals surface area contributed by atoms with E-state index in [-0.39, 0.29) is 17.3 Å². The van der Waals surface area contributed by atoms with Crippen LogP contribution in [0.4, 0.5) is 4.79 Å². The predicted octanol–water partition coefficient (Wildman–Crippen LogP) is 2.11. The summed E-state index contributed by atoms with van der Waals surface area (Å²) in [5.74, 6) is 0.260. The summed E-state index contributed by atoms with van der Waals surface area (Å²) < 4.78 is 0. The second-order valence-corrected chi connectivity index (χ2v) is 6.36. The molecule has 2 rings (SSSR count). The van der Waals surface area contributed by atoms with Crippen LogP contribution < -0.4 is 10.6 Å². The standard InChI is InChI=1S/C17H27N3O2/c1-20(2)17(9-3-4-10-17)13-19-16(22)18-11-8-14-6-5-7-15(21)12-14/h5-7,12,21H,3-4,8-11,13H2,1-2H3,(H2,18,19,22). The minimum absolute atomic E-state index is 0.114. The molecule has 0 spiro atoms. The summed E-state index contributed by atoms with van der Waals surface area (Å²) in [6.45, 7) is 1.25. The molecule has 0 aliphatic heterocycles. The lowest BCUT2D eigenvalue weighted by atomic mass is 9.96. The Hall–Kier alpha value is -1.75. The summed E-state index contributed by atoms with van der Waals surface area (Å²) >= 11 is 0. The number of hydrogen-bond acceptors (Lipinski definition) is 3. The zero-order chi connectivity index (χ0) is 16.0. The third kappa shape index (κ3) is 4.37. The summed E-state index contributed by atoms with van der Waals surface area (Å²) in [7, 11) is 4.18.